The second-order valence-electron chi connectivity index (χ2n) is 16.6. The smallest absolute Gasteiger partial charge is 0.407 e. The Balaban J connectivity index is 1.12. The number of Topliss-reactive ketones (excluding diaryl/α,β-unsaturated/α-hetero) is 3. The van der Waals surface area contributed by atoms with E-state index in [1.807, 2.05) is 11.9 Å². The molecule has 51 heavy (non-hydrogen) atoms. The summed E-state index contributed by atoms with van der Waals surface area (Å²) in [5.74, 6) is -2.77. The van der Waals surface area contributed by atoms with Gasteiger partial charge >= 0.3 is 6.09 Å². The number of alkyl halides is 1. The predicted octanol–water partition coefficient (Wildman–Crippen LogP) is 2.46. The number of ketones is 3. The fourth-order valence-corrected chi connectivity index (χ4v) is 9.90. The molecular formula is C38H48FN5O7. The highest BCUT2D eigenvalue weighted by molar-refractivity contribution is 6.20. The van der Waals surface area contributed by atoms with Gasteiger partial charge in [0.15, 0.2) is 17.3 Å². The maximum absolute atomic E-state index is 16.7. The first-order valence-corrected chi connectivity index (χ1v) is 18.5. The Morgan fingerprint density at radius 3 is 2.22 bits per heavy atom. The van der Waals surface area contributed by atoms with Gasteiger partial charge in [0.1, 0.15) is 11.8 Å². The average Bonchev–Trinajstić information content (AvgIpc) is 3.54. The van der Waals surface area contributed by atoms with Gasteiger partial charge in [-0.1, -0.05) is 24.3 Å². The molecule has 3 saturated heterocycles. The summed E-state index contributed by atoms with van der Waals surface area (Å²) >= 11 is 0. The molecule has 4 heterocycles. The van der Waals surface area contributed by atoms with Gasteiger partial charge in [-0.2, -0.15) is 0 Å². The summed E-state index contributed by atoms with van der Waals surface area (Å²) < 4.78 is 29.1. The third kappa shape index (κ3) is 5.98. The molecule has 0 aromatic heterocycles. The number of ether oxygens (including phenoxy) is 2. The number of morpholine rings is 1. The van der Waals surface area contributed by atoms with Crippen LogP contribution in [0.3, 0.4) is 0 Å². The maximum atomic E-state index is 16.7. The molecular weight excluding hydrogens is 657 g/mol. The fourth-order valence-electron chi connectivity index (χ4n) is 9.90. The van der Waals surface area contributed by atoms with Crippen molar-refractivity contribution in [2.75, 3.05) is 46.3 Å². The van der Waals surface area contributed by atoms with Crippen LogP contribution in [0.2, 0.25) is 0 Å². The molecule has 13 heteroatoms. The van der Waals surface area contributed by atoms with Crippen molar-refractivity contribution in [3.8, 4) is 0 Å². The van der Waals surface area contributed by atoms with Crippen molar-refractivity contribution in [1.29, 1.82) is 0 Å². The predicted molar refractivity (Wildman–Crippen MR) is 183 cm³/mol. The van der Waals surface area contributed by atoms with Crippen LogP contribution in [0.15, 0.2) is 36.0 Å². The summed E-state index contributed by atoms with van der Waals surface area (Å²) in [5.41, 5.74) is 0.274. The van der Waals surface area contributed by atoms with Crippen molar-refractivity contribution < 1.29 is 37.8 Å². The zero-order valence-corrected chi connectivity index (χ0v) is 29.8. The Bertz CT molecular complexity index is 1670. The molecule has 12 nitrogen and oxygen atoms in total. The molecule has 7 aliphatic rings. The van der Waals surface area contributed by atoms with Crippen LogP contribution in [0.5, 0.6) is 0 Å². The number of likely N-dealkylation sites (N-methyl/N-ethyl adjacent to an activating group) is 1. The summed E-state index contributed by atoms with van der Waals surface area (Å²) in [6, 6.07) is 5.06. The summed E-state index contributed by atoms with van der Waals surface area (Å²) in [4.78, 5) is 76.5. The van der Waals surface area contributed by atoms with E-state index >= 15 is 4.39 Å². The van der Waals surface area contributed by atoms with Gasteiger partial charge in [-0.05, 0) is 53.5 Å². The van der Waals surface area contributed by atoms with Gasteiger partial charge in [-0.15, -0.1) is 0 Å². The van der Waals surface area contributed by atoms with E-state index in [0.717, 1.165) is 0 Å². The van der Waals surface area contributed by atoms with E-state index in [1.54, 1.807) is 56.1 Å². The lowest BCUT2D eigenvalue weighted by Gasteiger charge is -2.61. The molecule has 4 aliphatic heterocycles. The number of nitrogens with zero attached hydrogens (tertiary/aromatic N) is 4. The number of carbonyl (C=O) groups excluding carboxylic acids is 5. The topological polar surface area (TPSA) is 129 Å². The molecule has 2 amide bonds. The van der Waals surface area contributed by atoms with Crippen LogP contribution in [0.25, 0.3) is 0 Å². The van der Waals surface area contributed by atoms with E-state index in [-0.39, 0.29) is 53.8 Å². The number of carbonyl (C=O) groups is 5. The average molecular weight is 706 g/mol. The zero-order chi connectivity index (χ0) is 35.9. The second kappa shape index (κ2) is 12.8. The molecule has 0 radical (unpaired) electrons. The van der Waals surface area contributed by atoms with Crippen molar-refractivity contribution in [2.45, 2.75) is 94.6 Å². The molecule has 1 aromatic rings. The van der Waals surface area contributed by atoms with E-state index < -0.39 is 59.9 Å². The van der Waals surface area contributed by atoms with Crippen molar-refractivity contribution in [1.82, 2.24) is 24.9 Å². The molecule has 0 spiro atoms. The van der Waals surface area contributed by atoms with Crippen LogP contribution in [-0.4, -0.2) is 143 Å². The lowest BCUT2D eigenvalue weighted by atomic mass is 9.63. The van der Waals surface area contributed by atoms with E-state index in [0.29, 0.717) is 63.2 Å². The van der Waals surface area contributed by atoms with E-state index in [2.05, 4.69) is 15.1 Å². The number of piperazine rings is 1. The summed E-state index contributed by atoms with van der Waals surface area (Å²) in [7, 11) is 1.99. The summed E-state index contributed by atoms with van der Waals surface area (Å²) in [6.45, 7) is 8.67. The number of nitrogens with one attached hydrogen (secondary N) is 1. The van der Waals surface area contributed by atoms with Crippen LogP contribution in [0.1, 0.15) is 67.2 Å². The zero-order valence-electron chi connectivity index (χ0n) is 29.8. The number of hydrogen-bond acceptors (Lipinski definition) is 10. The largest absolute Gasteiger partial charge is 0.444 e. The number of halogens is 1. The molecule has 10 unspecified atom stereocenters. The number of likely N-dealkylation sites (tertiary alicyclic amines) is 1. The first-order chi connectivity index (χ1) is 24.3. The number of fused-ring (bicyclic) bond motifs is 4. The van der Waals surface area contributed by atoms with Crippen LogP contribution in [0.4, 0.5) is 9.18 Å². The molecule has 1 N–H and O–H groups in total. The number of hydrogen-bond donors (Lipinski definition) is 1. The van der Waals surface area contributed by atoms with Gasteiger partial charge in [-0.25, -0.2) is 9.18 Å². The lowest BCUT2D eigenvalue weighted by molar-refractivity contribution is -0.215. The summed E-state index contributed by atoms with van der Waals surface area (Å²) in [6.07, 6.45) is -0.373. The molecule has 274 valence electrons. The third-order valence-electron chi connectivity index (χ3n) is 12.3. The molecule has 1 aromatic carbocycles. The summed E-state index contributed by atoms with van der Waals surface area (Å²) in [5, 5.41) is 2.93. The quantitative estimate of drug-likeness (QED) is 0.469. The molecule has 0 bridgehead atoms. The van der Waals surface area contributed by atoms with Crippen LogP contribution < -0.4 is 5.32 Å². The third-order valence-corrected chi connectivity index (χ3v) is 12.3. The van der Waals surface area contributed by atoms with Crippen molar-refractivity contribution in [3.63, 3.8) is 0 Å². The van der Waals surface area contributed by atoms with Crippen molar-refractivity contribution in [3.05, 3.63) is 47.2 Å². The monoisotopic (exact) mass is 705 g/mol. The van der Waals surface area contributed by atoms with Gasteiger partial charge in [0, 0.05) is 80.4 Å². The highest BCUT2D eigenvalue weighted by Crippen LogP contribution is 2.50. The SMILES string of the molecule is CN1CCN(C(=O)C2=CN3C4CC5C(=O)c6ccccc6C(=O)C5CC4OC4C(N5CCC(NC(=O)OC(C)(C)C)C5)C(F)CC(C2=O)C43)CC1. The fraction of sp³-hybridized carbons (Fsp3) is 0.658. The molecule has 3 aliphatic carbocycles. The highest BCUT2D eigenvalue weighted by Gasteiger charge is 2.62. The minimum absolute atomic E-state index is 0.0622. The Morgan fingerprint density at radius 1 is 0.882 bits per heavy atom. The minimum Gasteiger partial charge on any atom is -0.444 e. The van der Waals surface area contributed by atoms with Crippen molar-refractivity contribution >= 4 is 29.4 Å². The number of rotatable bonds is 3. The molecule has 10 atom stereocenters. The first kappa shape index (κ1) is 34.4. The van der Waals surface area contributed by atoms with Crippen molar-refractivity contribution in [2.24, 2.45) is 17.8 Å². The number of amides is 2. The van der Waals surface area contributed by atoms with Crippen LogP contribution in [-0.2, 0) is 19.1 Å². The number of alkyl carbamates (subject to hydrolysis) is 1. The lowest BCUT2D eigenvalue weighted by Crippen LogP contribution is -2.74. The molecule has 5 fully saturated rings. The highest BCUT2D eigenvalue weighted by atomic mass is 19.1. The van der Waals surface area contributed by atoms with Gasteiger partial charge in [-0.3, -0.25) is 24.1 Å². The Hall–Kier alpha value is -3.68. The van der Waals surface area contributed by atoms with Crippen LogP contribution in [0, 0.1) is 17.8 Å². The standard InChI is InChI=1S/C38H48FN5O7/c1-38(2,3)51-37(49)40-20-9-10-43(18-20)31-27(39)15-25-30-35(31)50-29-17-24-23(32(45)21-7-5-6-8-22(21)33(24)46)16-28(29)44(30)19-26(34(25)47)36(48)42-13-11-41(4)12-14-42/h5-8,19-20,23-25,27-31,35H,9-18H2,1-4H3,(H,40,49). The maximum Gasteiger partial charge on any atom is 0.407 e. The van der Waals surface area contributed by atoms with E-state index in [9.17, 15) is 24.0 Å². The number of benzene rings is 1. The van der Waals surface area contributed by atoms with Crippen LogP contribution >= 0.6 is 0 Å². The first-order valence-electron chi connectivity index (χ1n) is 18.5. The normalized spacial score (nSPS) is 36.8. The minimum atomic E-state index is -1.43. The second-order valence-corrected chi connectivity index (χ2v) is 16.6. The molecule has 2 saturated carbocycles. The Morgan fingerprint density at radius 2 is 1.55 bits per heavy atom. The van der Waals surface area contributed by atoms with Gasteiger partial charge in [0.25, 0.3) is 5.91 Å². The van der Waals surface area contributed by atoms with E-state index in [4.69, 9.17) is 9.47 Å². The van der Waals surface area contributed by atoms with Gasteiger partial charge in [0.05, 0.1) is 35.9 Å². The van der Waals surface area contributed by atoms with Gasteiger partial charge < -0.3 is 29.5 Å². The Labute approximate surface area is 297 Å². The molecule has 8 rings (SSSR count). The Kier molecular flexibility index (Phi) is 8.61. The van der Waals surface area contributed by atoms with E-state index in [1.165, 1.54) is 0 Å². The van der Waals surface area contributed by atoms with Gasteiger partial charge in [0.2, 0.25) is 0 Å².